The van der Waals surface area contributed by atoms with E-state index in [1.807, 2.05) is 6.07 Å². The fourth-order valence-electron chi connectivity index (χ4n) is 5.77. The van der Waals surface area contributed by atoms with Crippen molar-refractivity contribution in [1.29, 1.82) is 0 Å². The van der Waals surface area contributed by atoms with E-state index in [4.69, 9.17) is 0 Å². The number of rotatable bonds is 1. The highest BCUT2D eigenvalue weighted by Crippen LogP contribution is 2.49. The van der Waals surface area contributed by atoms with Crippen LogP contribution < -0.4 is 4.90 Å². The molecule has 0 radical (unpaired) electrons. The Morgan fingerprint density at radius 3 is 2.00 bits per heavy atom. The molecule has 0 N–H and O–H groups in total. The second-order valence-corrected chi connectivity index (χ2v) is 9.47. The number of benzene rings is 1. The third-order valence-corrected chi connectivity index (χ3v) is 7.61. The van der Waals surface area contributed by atoms with Gasteiger partial charge in [0.1, 0.15) is 5.57 Å². The van der Waals surface area contributed by atoms with Crippen molar-refractivity contribution in [1.82, 2.24) is 19.6 Å². The van der Waals surface area contributed by atoms with E-state index in [0.717, 1.165) is 31.7 Å². The van der Waals surface area contributed by atoms with Crippen molar-refractivity contribution in [2.24, 2.45) is 5.41 Å². The number of nitrogens with zero attached hydrogens (tertiary/aromatic N) is 5. The molecule has 1 spiro atoms. The van der Waals surface area contributed by atoms with Crippen molar-refractivity contribution in [2.75, 3.05) is 39.6 Å². The van der Waals surface area contributed by atoms with Crippen molar-refractivity contribution in [3.05, 3.63) is 34.9 Å². The van der Waals surface area contributed by atoms with Crippen LogP contribution in [0.1, 0.15) is 24.0 Å². The minimum absolute atomic E-state index is 0.0975. The molecule has 35 heavy (non-hydrogen) atoms. The number of amides is 8. The second-order valence-electron chi connectivity index (χ2n) is 9.47. The predicted octanol–water partition coefficient (Wildman–Crippen LogP) is 0.682. The minimum Gasteiger partial charge on any atom is -0.367 e. The van der Waals surface area contributed by atoms with E-state index >= 15 is 0 Å². The van der Waals surface area contributed by atoms with Gasteiger partial charge in [0.05, 0.1) is 6.04 Å². The number of hydrogen-bond acceptors (Lipinski definition) is 7. The summed E-state index contributed by atoms with van der Waals surface area (Å²) in [4.78, 5) is 82.5. The predicted molar refractivity (Wildman–Crippen MR) is 123 cm³/mol. The summed E-state index contributed by atoms with van der Waals surface area (Å²) < 4.78 is 0. The highest BCUT2D eigenvalue weighted by atomic mass is 16.2. The van der Waals surface area contributed by atoms with Gasteiger partial charge in [0, 0.05) is 40.4 Å². The molecule has 0 saturated carbocycles. The standard InChI is InChI=1S/C24H25N5O6/c1-25-18(30)15(19(31)26(2)22(25)34)11-13-7-8-16-14(10-13)12-24(17-6-5-9-29(16)17)20(32)27(3)23(35)28(4)21(24)33/h7-8,10-11,17H,5-6,9,12H2,1-4H3. The van der Waals surface area contributed by atoms with Crippen molar-refractivity contribution in [3.8, 4) is 0 Å². The zero-order valence-electron chi connectivity index (χ0n) is 19.9. The highest BCUT2D eigenvalue weighted by Gasteiger charge is 2.63. The van der Waals surface area contributed by atoms with Crippen LogP contribution in [0.15, 0.2) is 23.8 Å². The van der Waals surface area contributed by atoms with Crippen LogP contribution in [0.4, 0.5) is 15.3 Å². The average Bonchev–Trinajstić information content (AvgIpc) is 3.36. The Hall–Kier alpha value is -4.02. The maximum Gasteiger partial charge on any atom is 0.333 e. The Balaban J connectivity index is 1.60. The molecular formula is C24H25N5O6. The van der Waals surface area contributed by atoms with E-state index in [1.165, 1.54) is 34.3 Å². The molecule has 11 heteroatoms. The SMILES string of the molecule is CN1C(=O)C(=Cc2ccc3c(c2)CC2(C(=O)N(C)C(=O)N(C)C2=O)C2CCCN32)C(=O)N(C)C1=O. The van der Waals surface area contributed by atoms with Crippen LogP contribution in [0.2, 0.25) is 0 Å². The van der Waals surface area contributed by atoms with Crippen LogP contribution in [0.25, 0.3) is 6.08 Å². The molecule has 4 aliphatic rings. The lowest BCUT2D eigenvalue weighted by atomic mass is 9.68. The average molecular weight is 479 g/mol. The summed E-state index contributed by atoms with van der Waals surface area (Å²) in [7, 11) is 5.39. The van der Waals surface area contributed by atoms with Gasteiger partial charge in [-0.25, -0.2) is 9.59 Å². The third kappa shape index (κ3) is 2.90. The number of carbonyl (C=O) groups excluding carboxylic acids is 6. The molecule has 3 saturated heterocycles. The molecule has 5 rings (SSSR count). The Kier molecular flexibility index (Phi) is 4.87. The molecule has 1 unspecified atom stereocenters. The van der Waals surface area contributed by atoms with Crippen LogP contribution in [0, 0.1) is 5.41 Å². The summed E-state index contributed by atoms with van der Waals surface area (Å²) in [6, 6.07) is 3.65. The number of barbiturate groups is 2. The van der Waals surface area contributed by atoms with Gasteiger partial charge >= 0.3 is 12.1 Å². The molecule has 1 aromatic carbocycles. The number of carbonyl (C=O) groups is 6. The van der Waals surface area contributed by atoms with Gasteiger partial charge in [0.15, 0.2) is 5.41 Å². The summed E-state index contributed by atoms with van der Waals surface area (Å²) in [6.45, 7) is 0.663. The highest BCUT2D eigenvalue weighted by molar-refractivity contribution is 6.30. The monoisotopic (exact) mass is 479 g/mol. The summed E-state index contributed by atoms with van der Waals surface area (Å²) in [5.41, 5.74) is 0.528. The van der Waals surface area contributed by atoms with Gasteiger partial charge in [-0.3, -0.25) is 38.8 Å². The number of imide groups is 4. The fourth-order valence-corrected chi connectivity index (χ4v) is 5.77. The number of urea groups is 2. The van der Waals surface area contributed by atoms with E-state index in [-0.39, 0.29) is 18.0 Å². The maximum atomic E-state index is 13.5. The van der Waals surface area contributed by atoms with Gasteiger partial charge in [0.25, 0.3) is 11.8 Å². The van der Waals surface area contributed by atoms with Crippen LogP contribution in [-0.4, -0.2) is 96.1 Å². The number of anilines is 1. The van der Waals surface area contributed by atoms with Crippen molar-refractivity contribution in [3.63, 3.8) is 0 Å². The zero-order valence-corrected chi connectivity index (χ0v) is 19.9. The van der Waals surface area contributed by atoms with Gasteiger partial charge in [0.2, 0.25) is 11.8 Å². The molecule has 0 bridgehead atoms. The van der Waals surface area contributed by atoms with Crippen LogP contribution in [-0.2, 0) is 25.6 Å². The first-order valence-electron chi connectivity index (χ1n) is 11.3. The molecule has 182 valence electrons. The molecule has 4 heterocycles. The van der Waals surface area contributed by atoms with E-state index in [9.17, 15) is 28.8 Å². The lowest BCUT2D eigenvalue weighted by Crippen LogP contribution is -2.70. The molecule has 11 nitrogen and oxygen atoms in total. The number of likely N-dealkylation sites (N-methyl/N-ethyl adjacent to an activating group) is 2. The number of hydrogen-bond donors (Lipinski definition) is 0. The fraction of sp³-hybridized carbons (Fsp3) is 0.417. The smallest absolute Gasteiger partial charge is 0.333 e. The van der Waals surface area contributed by atoms with Crippen LogP contribution in [0.5, 0.6) is 0 Å². The van der Waals surface area contributed by atoms with Gasteiger partial charge in [-0.2, -0.15) is 0 Å². The Morgan fingerprint density at radius 2 is 1.40 bits per heavy atom. The molecular weight excluding hydrogens is 454 g/mol. The molecule has 0 aliphatic carbocycles. The molecule has 0 aromatic heterocycles. The van der Waals surface area contributed by atoms with E-state index in [2.05, 4.69) is 4.90 Å². The van der Waals surface area contributed by atoms with Gasteiger partial charge < -0.3 is 4.90 Å². The summed E-state index contributed by atoms with van der Waals surface area (Å²) in [5.74, 6) is -2.44. The first-order valence-corrected chi connectivity index (χ1v) is 11.3. The normalized spacial score (nSPS) is 24.1. The summed E-state index contributed by atoms with van der Waals surface area (Å²) in [5, 5.41) is 0. The topological polar surface area (TPSA) is 119 Å². The van der Waals surface area contributed by atoms with Gasteiger partial charge in [-0.05, 0) is 48.6 Å². The lowest BCUT2D eigenvalue weighted by Gasteiger charge is -2.50. The molecule has 1 aromatic rings. The Bertz CT molecular complexity index is 1220. The first kappa shape index (κ1) is 22.8. The summed E-state index contributed by atoms with van der Waals surface area (Å²) >= 11 is 0. The lowest BCUT2D eigenvalue weighted by molar-refractivity contribution is -0.159. The minimum atomic E-state index is -1.43. The largest absolute Gasteiger partial charge is 0.367 e. The zero-order chi connectivity index (χ0) is 25.4. The van der Waals surface area contributed by atoms with Crippen LogP contribution in [0.3, 0.4) is 0 Å². The summed E-state index contributed by atoms with van der Waals surface area (Å²) in [6.07, 6.45) is 2.96. The van der Waals surface area contributed by atoms with Crippen molar-refractivity contribution < 1.29 is 28.8 Å². The van der Waals surface area contributed by atoms with Gasteiger partial charge in [-0.1, -0.05) is 6.07 Å². The van der Waals surface area contributed by atoms with Crippen LogP contribution >= 0.6 is 0 Å². The molecule has 1 atom stereocenters. The van der Waals surface area contributed by atoms with Crippen molar-refractivity contribution in [2.45, 2.75) is 25.3 Å². The van der Waals surface area contributed by atoms with E-state index in [1.54, 1.807) is 12.1 Å². The Morgan fingerprint density at radius 1 is 0.829 bits per heavy atom. The molecule has 3 fully saturated rings. The second kappa shape index (κ2) is 7.49. The quantitative estimate of drug-likeness (QED) is 0.330. The first-order chi connectivity index (χ1) is 16.5. The third-order valence-electron chi connectivity index (χ3n) is 7.61. The van der Waals surface area contributed by atoms with E-state index in [0.29, 0.717) is 24.1 Å². The molecule has 4 aliphatic heterocycles. The Labute approximate surface area is 201 Å². The molecule has 8 amide bonds. The van der Waals surface area contributed by atoms with E-state index < -0.39 is 41.1 Å². The maximum absolute atomic E-state index is 13.5. The number of fused-ring (bicyclic) bond motifs is 4. The van der Waals surface area contributed by atoms with Crippen molar-refractivity contribution >= 4 is 47.5 Å². The van der Waals surface area contributed by atoms with Gasteiger partial charge in [-0.15, -0.1) is 0 Å².